The zero-order valence-electron chi connectivity index (χ0n) is 13.1. The first-order chi connectivity index (χ1) is 10.0. The van der Waals surface area contributed by atoms with Crippen molar-refractivity contribution in [2.24, 2.45) is 0 Å². The number of methoxy groups -OCH3 is 1. The van der Waals surface area contributed by atoms with E-state index in [-0.39, 0.29) is 17.8 Å². The average Bonchev–Trinajstić information content (AvgIpc) is 2.48. The summed E-state index contributed by atoms with van der Waals surface area (Å²) in [5.41, 5.74) is 3.61. The van der Waals surface area contributed by atoms with Gasteiger partial charge in [0.1, 0.15) is 0 Å². The summed E-state index contributed by atoms with van der Waals surface area (Å²) in [6.45, 7) is 6.35. The number of hydrogen-bond donors (Lipinski definition) is 2. The molecule has 1 unspecified atom stereocenters. The van der Waals surface area contributed by atoms with Crippen molar-refractivity contribution in [2.45, 2.75) is 32.9 Å². The third-order valence-electron chi connectivity index (χ3n) is 3.78. The van der Waals surface area contributed by atoms with Crippen molar-refractivity contribution in [1.29, 1.82) is 0 Å². The van der Waals surface area contributed by atoms with Crippen LogP contribution in [0.5, 0.6) is 11.5 Å². The predicted octanol–water partition coefficient (Wildman–Crippen LogP) is 4.12. The maximum Gasteiger partial charge on any atom is 0.160 e. The van der Waals surface area contributed by atoms with Crippen molar-refractivity contribution in [1.82, 2.24) is 5.32 Å². The molecule has 0 aromatic heterocycles. The van der Waals surface area contributed by atoms with Crippen molar-refractivity contribution in [2.75, 3.05) is 7.11 Å². The van der Waals surface area contributed by atoms with Gasteiger partial charge in [-0.3, -0.25) is 0 Å². The van der Waals surface area contributed by atoms with Crippen LogP contribution in [0.25, 0.3) is 0 Å². The van der Waals surface area contributed by atoms with Gasteiger partial charge in [0.25, 0.3) is 0 Å². The lowest BCUT2D eigenvalue weighted by Gasteiger charge is -2.21. The molecule has 0 aliphatic carbocycles. The Morgan fingerprint density at radius 2 is 1.52 bits per heavy atom. The highest BCUT2D eigenvalue weighted by molar-refractivity contribution is 5.42. The van der Waals surface area contributed by atoms with Crippen LogP contribution in [-0.4, -0.2) is 12.2 Å². The molecule has 0 saturated heterocycles. The van der Waals surface area contributed by atoms with E-state index in [4.69, 9.17) is 4.74 Å². The van der Waals surface area contributed by atoms with Gasteiger partial charge >= 0.3 is 0 Å². The molecule has 0 fully saturated rings. The fourth-order valence-electron chi connectivity index (χ4n) is 2.39. The Morgan fingerprint density at radius 3 is 2.14 bits per heavy atom. The van der Waals surface area contributed by atoms with E-state index in [0.29, 0.717) is 5.75 Å². The molecule has 2 aromatic carbocycles. The van der Waals surface area contributed by atoms with Crippen LogP contribution < -0.4 is 10.1 Å². The third kappa shape index (κ3) is 3.76. The Kier molecular flexibility index (Phi) is 4.86. The first kappa shape index (κ1) is 15.4. The maximum absolute atomic E-state index is 9.66. The third-order valence-corrected chi connectivity index (χ3v) is 3.78. The standard InChI is InChI=1S/C18H23NO2/c1-12-5-7-15(8-6-12)13(2)19-14(3)16-9-10-17(20)18(11-16)21-4/h5-11,13-14,19-20H,1-4H3/t13-,14?/m0/s1. The second kappa shape index (κ2) is 6.64. The van der Waals surface area contributed by atoms with E-state index in [1.54, 1.807) is 13.2 Å². The fourth-order valence-corrected chi connectivity index (χ4v) is 2.39. The van der Waals surface area contributed by atoms with Gasteiger partial charge in [0, 0.05) is 12.1 Å². The Hall–Kier alpha value is -2.00. The minimum atomic E-state index is 0.163. The summed E-state index contributed by atoms with van der Waals surface area (Å²) in [5, 5.41) is 13.2. The van der Waals surface area contributed by atoms with Gasteiger partial charge in [-0.1, -0.05) is 35.9 Å². The van der Waals surface area contributed by atoms with Crippen LogP contribution in [-0.2, 0) is 0 Å². The molecule has 21 heavy (non-hydrogen) atoms. The number of aryl methyl sites for hydroxylation is 1. The smallest absolute Gasteiger partial charge is 0.160 e. The first-order valence-corrected chi connectivity index (χ1v) is 7.20. The van der Waals surface area contributed by atoms with E-state index in [0.717, 1.165) is 5.56 Å². The van der Waals surface area contributed by atoms with E-state index in [9.17, 15) is 5.11 Å². The molecule has 0 aliphatic heterocycles. The maximum atomic E-state index is 9.66. The van der Waals surface area contributed by atoms with E-state index < -0.39 is 0 Å². The lowest BCUT2D eigenvalue weighted by molar-refractivity contribution is 0.371. The van der Waals surface area contributed by atoms with Crippen molar-refractivity contribution < 1.29 is 9.84 Å². The van der Waals surface area contributed by atoms with Crippen molar-refractivity contribution in [3.05, 3.63) is 59.2 Å². The van der Waals surface area contributed by atoms with Gasteiger partial charge in [-0.25, -0.2) is 0 Å². The molecule has 3 heteroatoms. The monoisotopic (exact) mass is 285 g/mol. The minimum Gasteiger partial charge on any atom is -0.504 e. The SMILES string of the molecule is COc1cc(C(C)N[C@@H](C)c2ccc(C)cc2)ccc1O. The first-order valence-electron chi connectivity index (χ1n) is 7.20. The quantitative estimate of drug-likeness (QED) is 0.868. The number of nitrogens with one attached hydrogen (secondary N) is 1. The zero-order valence-corrected chi connectivity index (χ0v) is 13.1. The average molecular weight is 285 g/mol. The van der Waals surface area contributed by atoms with Crippen LogP contribution in [0.1, 0.15) is 42.6 Å². The number of aromatic hydroxyl groups is 1. The molecule has 0 aliphatic rings. The second-order valence-electron chi connectivity index (χ2n) is 5.45. The molecule has 0 amide bonds. The highest BCUT2D eigenvalue weighted by Gasteiger charge is 2.13. The van der Waals surface area contributed by atoms with E-state index in [1.807, 2.05) is 12.1 Å². The van der Waals surface area contributed by atoms with Gasteiger partial charge in [-0.2, -0.15) is 0 Å². The Bertz CT molecular complexity index is 593. The molecular weight excluding hydrogens is 262 g/mol. The molecule has 0 radical (unpaired) electrons. The number of phenols is 1. The summed E-state index contributed by atoms with van der Waals surface area (Å²) >= 11 is 0. The summed E-state index contributed by atoms with van der Waals surface area (Å²) in [6, 6.07) is 14.4. The molecule has 0 bridgehead atoms. The van der Waals surface area contributed by atoms with Crippen LogP contribution in [0.4, 0.5) is 0 Å². The summed E-state index contributed by atoms with van der Waals surface area (Å²) < 4.78 is 5.16. The normalized spacial score (nSPS) is 13.7. The largest absolute Gasteiger partial charge is 0.504 e. The van der Waals surface area contributed by atoms with Gasteiger partial charge in [0.15, 0.2) is 11.5 Å². The molecule has 112 valence electrons. The number of hydrogen-bond acceptors (Lipinski definition) is 3. The number of benzene rings is 2. The van der Waals surface area contributed by atoms with Gasteiger partial charge in [-0.15, -0.1) is 0 Å². The van der Waals surface area contributed by atoms with Crippen molar-refractivity contribution in [3.8, 4) is 11.5 Å². The molecule has 0 spiro atoms. The van der Waals surface area contributed by atoms with E-state index in [2.05, 4.69) is 50.4 Å². The van der Waals surface area contributed by atoms with Gasteiger partial charge in [0.2, 0.25) is 0 Å². The zero-order chi connectivity index (χ0) is 15.4. The molecule has 2 N–H and O–H groups in total. The lowest BCUT2D eigenvalue weighted by Crippen LogP contribution is -2.22. The molecular formula is C18H23NO2. The van der Waals surface area contributed by atoms with Crippen molar-refractivity contribution >= 4 is 0 Å². The molecule has 0 heterocycles. The summed E-state index contributed by atoms with van der Waals surface area (Å²) in [7, 11) is 1.56. The fraction of sp³-hybridized carbons (Fsp3) is 0.333. The van der Waals surface area contributed by atoms with E-state index in [1.165, 1.54) is 11.1 Å². The number of ether oxygens (including phenoxy) is 1. The predicted molar refractivity (Wildman–Crippen MR) is 85.8 cm³/mol. The molecule has 2 atom stereocenters. The van der Waals surface area contributed by atoms with Gasteiger partial charge in [0.05, 0.1) is 7.11 Å². The Labute approximate surface area is 126 Å². The highest BCUT2D eigenvalue weighted by atomic mass is 16.5. The topological polar surface area (TPSA) is 41.5 Å². The lowest BCUT2D eigenvalue weighted by atomic mass is 10.0. The molecule has 2 aromatic rings. The highest BCUT2D eigenvalue weighted by Crippen LogP contribution is 2.29. The Morgan fingerprint density at radius 1 is 0.952 bits per heavy atom. The molecule has 2 rings (SSSR count). The second-order valence-corrected chi connectivity index (χ2v) is 5.45. The summed E-state index contributed by atoms with van der Waals surface area (Å²) in [6.07, 6.45) is 0. The van der Waals surface area contributed by atoms with Crippen LogP contribution >= 0.6 is 0 Å². The minimum absolute atomic E-state index is 0.163. The van der Waals surface area contributed by atoms with Crippen LogP contribution in [0.15, 0.2) is 42.5 Å². The van der Waals surface area contributed by atoms with Crippen LogP contribution in [0.2, 0.25) is 0 Å². The Balaban J connectivity index is 2.10. The molecule has 0 saturated carbocycles. The van der Waals surface area contributed by atoms with Crippen molar-refractivity contribution in [3.63, 3.8) is 0 Å². The number of phenolic OH excluding ortho intramolecular Hbond substituents is 1. The van der Waals surface area contributed by atoms with Crippen LogP contribution in [0, 0.1) is 6.92 Å². The summed E-state index contributed by atoms with van der Waals surface area (Å²) in [4.78, 5) is 0. The van der Waals surface area contributed by atoms with E-state index >= 15 is 0 Å². The number of rotatable bonds is 5. The summed E-state index contributed by atoms with van der Waals surface area (Å²) in [5.74, 6) is 0.671. The van der Waals surface area contributed by atoms with Gasteiger partial charge < -0.3 is 15.2 Å². The molecule has 3 nitrogen and oxygen atoms in total. The van der Waals surface area contributed by atoms with Gasteiger partial charge in [-0.05, 0) is 44.0 Å². The van der Waals surface area contributed by atoms with Crippen LogP contribution in [0.3, 0.4) is 0 Å².